The molecule has 0 spiro atoms. The van der Waals surface area contributed by atoms with Crippen molar-refractivity contribution >= 4 is 13.3 Å². The van der Waals surface area contributed by atoms with Gasteiger partial charge in [-0.1, -0.05) is 68.0 Å². The molecule has 0 aliphatic carbocycles. The molecule has 0 aliphatic heterocycles. The van der Waals surface area contributed by atoms with Gasteiger partial charge in [-0.25, -0.2) is 0 Å². The molecule has 1 radical (unpaired) electrons. The van der Waals surface area contributed by atoms with E-state index in [0.717, 1.165) is 6.42 Å². The molecule has 0 aliphatic rings. The Morgan fingerprint density at radius 3 is 2.25 bits per heavy atom. The molecular weight excluding hydrogens is 160 g/mol. The van der Waals surface area contributed by atoms with Crippen molar-refractivity contribution in [2.24, 2.45) is 0 Å². The van der Waals surface area contributed by atoms with Crippen LogP contribution in [0.1, 0.15) is 6.42 Å². The molecule has 1 heteroatoms. The number of hydrogen-bond acceptors (Lipinski definition) is 0. The minimum Gasteiger partial charge on any atom is -0.0654 e. The van der Waals surface area contributed by atoms with E-state index < -0.39 is 8.07 Å². The normalized spacial score (nSPS) is 11.6. The standard InChI is InChI=1S/C11H17Si/c1-4-10-12(2,3)11-8-6-5-7-9-11/h5-9H,1,4,10H2,2-3H3. The second-order valence-electron chi connectivity index (χ2n) is 3.85. The Labute approximate surface area is 76.6 Å². The van der Waals surface area contributed by atoms with Crippen LogP contribution in [-0.2, 0) is 0 Å². The minimum atomic E-state index is -1.14. The van der Waals surface area contributed by atoms with Crippen molar-refractivity contribution in [1.29, 1.82) is 0 Å². The maximum absolute atomic E-state index is 3.93. The van der Waals surface area contributed by atoms with Crippen molar-refractivity contribution in [2.75, 3.05) is 0 Å². The Hall–Kier alpha value is -0.563. The Bertz CT molecular complexity index is 226. The summed E-state index contributed by atoms with van der Waals surface area (Å²) in [7, 11) is -1.14. The predicted octanol–water partition coefficient (Wildman–Crippen LogP) is 2.83. The molecule has 0 N–H and O–H groups in total. The highest BCUT2D eigenvalue weighted by Gasteiger charge is 2.20. The minimum absolute atomic E-state index is 1.06. The van der Waals surface area contributed by atoms with Gasteiger partial charge in [-0.2, -0.15) is 0 Å². The molecule has 65 valence electrons. The smallest absolute Gasteiger partial charge is 0.0654 e. The molecule has 0 saturated heterocycles. The SMILES string of the molecule is [CH2]CC[Si](C)(C)c1ccccc1. The Morgan fingerprint density at radius 2 is 1.75 bits per heavy atom. The van der Waals surface area contributed by atoms with E-state index >= 15 is 0 Å². The zero-order valence-electron chi connectivity index (χ0n) is 8.01. The molecule has 0 nitrogen and oxygen atoms in total. The van der Waals surface area contributed by atoms with Gasteiger partial charge in [0.15, 0.2) is 0 Å². The fourth-order valence-corrected chi connectivity index (χ4v) is 3.74. The summed E-state index contributed by atoms with van der Waals surface area (Å²) in [5, 5.41) is 1.55. The first-order valence-corrected chi connectivity index (χ1v) is 7.72. The van der Waals surface area contributed by atoms with Crippen LogP contribution >= 0.6 is 0 Å². The average Bonchev–Trinajstić information content (AvgIpc) is 2.06. The highest BCUT2D eigenvalue weighted by Crippen LogP contribution is 2.11. The maximum Gasteiger partial charge on any atom is 0.0806 e. The number of benzene rings is 1. The zero-order valence-corrected chi connectivity index (χ0v) is 9.01. The fraction of sp³-hybridized carbons (Fsp3) is 0.364. The molecule has 0 fully saturated rings. The van der Waals surface area contributed by atoms with Crippen molar-refractivity contribution in [3.8, 4) is 0 Å². The molecule has 0 saturated carbocycles. The zero-order chi connectivity index (χ0) is 9.03. The number of hydrogen-bond donors (Lipinski definition) is 0. The quantitative estimate of drug-likeness (QED) is 0.623. The Balaban J connectivity index is 2.82. The van der Waals surface area contributed by atoms with Gasteiger partial charge in [0, 0.05) is 0 Å². The average molecular weight is 177 g/mol. The largest absolute Gasteiger partial charge is 0.0806 e. The summed E-state index contributed by atoms with van der Waals surface area (Å²) in [6.45, 7) is 8.75. The van der Waals surface area contributed by atoms with Crippen LogP contribution in [-0.4, -0.2) is 8.07 Å². The van der Waals surface area contributed by atoms with Gasteiger partial charge in [0.25, 0.3) is 0 Å². The third kappa shape index (κ3) is 2.21. The van der Waals surface area contributed by atoms with Crippen molar-refractivity contribution in [2.45, 2.75) is 25.6 Å². The van der Waals surface area contributed by atoms with Crippen molar-refractivity contribution < 1.29 is 0 Å². The summed E-state index contributed by atoms with van der Waals surface area (Å²) in [5.74, 6) is 0. The first kappa shape index (κ1) is 9.52. The lowest BCUT2D eigenvalue weighted by molar-refractivity contribution is 1.17. The van der Waals surface area contributed by atoms with Gasteiger partial charge in [-0.05, 0) is 0 Å². The first-order chi connectivity index (χ1) is 5.67. The van der Waals surface area contributed by atoms with Crippen LogP contribution in [0.2, 0.25) is 19.1 Å². The molecule has 1 rings (SSSR count). The van der Waals surface area contributed by atoms with Gasteiger partial charge in [0.1, 0.15) is 0 Å². The van der Waals surface area contributed by atoms with Crippen molar-refractivity contribution in [3.05, 3.63) is 37.3 Å². The molecule has 0 amide bonds. The van der Waals surface area contributed by atoms with E-state index in [-0.39, 0.29) is 0 Å². The lowest BCUT2D eigenvalue weighted by atomic mass is 10.4. The third-order valence-electron chi connectivity index (χ3n) is 2.36. The maximum atomic E-state index is 3.93. The summed E-state index contributed by atoms with van der Waals surface area (Å²) >= 11 is 0. The molecule has 0 bridgehead atoms. The van der Waals surface area contributed by atoms with E-state index in [1.54, 1.807) is 5.19 Å². The van der Waals surface area contributed by atoms with Crippen LogP contribution in [0.3, 0.4) is 0 Å². The summed E-state index contributed by atoms with van der Waals surface area (Å²) in [6.07, 6.45) is 1.06. The van der Waals surface area contributed by atoms with Gasteiger partial charge in [0.2, 0.25) is 0 Å². The van der Waals surface area contributed by atoms with E-state index in [9.17, 15) is 0 Å². The lowest BCUT2D eigenvalue weighted by Gasteiger charge is -2.21. The van der Waals surface area contributed by atoms with E-state index in [4.69, 9.17) is 0 Å². The lowest BCUT2D eigenvalue weighted by Crippen LogP contribution is -2.40. The molecule has 0 atom stereocenters. The topological polar surface area (TPSA) is 0 Å². The molecule has 1 aromatic rings. The fourth-order valence-electron chi connectivity index (χ4n) is 1.48. The second kappa shape index (κ2) is 3.90. The molecule has 12 heavy (non-hydrogen) atoms. The van der Waals surface area contributed by atoms with Gasteiger partial charge in [0.05, 0.1) is 8.07 Å². The van der Waals surface area contributed by atoms with E-state index in [2.05, 4.69) is 50.3 Å². The number of rotatable bonds is 3. The summed E-state index contributed by atoms with van der Waals surface area (Å²) < 4.78 is 0. The van der Waals surface area contributed by atoms with Crippen molar-refractivity contribution in [3.63, 3.8) is 0 Å². The highest BCUT2D eigenvalue weighted by atomic mass is 28.3. The van der Waals surface area contributed by atoms with Gasteiger partial charge >= 0.3 is 0 Å². The molecule has 1 aromatic carbocycles. The summed E-state index contributed by atoms with van der Waals surface area (Å²) in [4.78, 5) is 0. The summed E-state index contributed by atoms with van der Waals surface area (Å²) in [6, 6.07) is 12.1. The van der Waals surface area contributed by atoms with Crippen LogP contribution in [0.15, 0.2) is 30.3 Å². The van der Waals surface area contributed by atoms with Crippen LogP contribution in [0, 0.1) is 6.92 Å². The molecule has 0 unspecified atom stereocenters. The first-order valence-electron chi connectivity index (χ1n) is 4.51. The monoisotopic (exact) mass is 177 g/mol. The van der Waals surface area contributed by atoms with Crippen LogP contribution in [0.25, 0.3) is 0 Å². The van der Waals surface area contributed by atoms with Gasteiger partial charge < -0.3 is 0 Å². The highest BCUT2D eigenvalue weighted by molar-refractivity contribution is 6.89. The molecule has 0 heterocycles. The Kier molecular flexibility index (Phi) is 3.10. The third-order valence-corrected chi connectivity index (χ3v) is 5.86. The van der Waals surface area contributed by atoms with E-state index in [0.29, 0.717) is 0 Å². The van der Waals surface area contributed by atoms with Crippen molar-refractivity contribution in [1.82, 2.24) is 0 Å². The van der Waals surface area contributed by atoms with Crippen LogP contribution in [0.4, 0.5) is 0 Å². The van der Waals surface area contributed by atoms with Crippen LogP contribution < -0.4 is 5.19 Å². The second-order valence-corrected chi connectivity index (χ2v) is 8.70. The van der Waals surface area contributed by atoms with E-state index in [1.165, 1.54) is 6.04 Å². The van der Waals surface area contributed by atoms with E-state index in [1.807, 2.05) is 0 Å². The predicted molar refractivity (Wildman–Crippen MR) is 58.3 cm³/mol. The Morgan fingerprint density at radius 1 is 1.17 bits per heavy atom. The van der Waals surface area contributed by atoms with Gasteiger partial charge in [-0.15, -0.1) is 0 Å². The van der Waals surface area contributed by atoms with Crippen LogP contribution in [0.5, 0.6) is 0 Å². The van der Waals surface area contributed by atoms with Gasteiger partial charge in [-0.3, -0.25) is 0 Å². The summed E-state index contributed by atoms with van der Waals surface area (Å²) in [5.41, 5.74) is 0. The molecule has 0 aromatic heterocycles. The molecular formula is C11H17Si.